The molecule has 0 atom stereocenters. The van der Waals surface area contributed by atoms with Gasteiger partial charge in [0.25, 0.3) is 0 Å². The Kier molecular flexibility index (Phi) is 6.51. The summed E-state index contributed by atoms with van der Waals surface area (Å²) in [5.41, 5.74) is 2.52. The molecule has 2 heterocycles. The van der Waals surface area contributed by atoms with Gasteiger partial charge in [-0.1, -0.05) is 43.6 Å². The summed E-state index contributed by atoms with van der Waals surface area (Å²) in [5, 5.41) is 4.13. The molecular formula is C19H23BrClN5. The smallest absolute Gasteiger partial charge is 0.181 e. The molecule has 0 spiro atoms. The third-order valence-electron chi connectivity index (χ3n) is 4.43. The van der Waals surface area contributed by atoms with Crippen LogP contribution in [-0.4, -0.2) is 45.4 Å². The predicted molar refractivity (Wildman–Crippen MR) is 112 cm³/mol. The number of imidazole rings is 1. The lowest BCUT2D eigenvalue weighted by atomic mass is 10.1. The molecule has 0 amide bonds. The summed E-state index contributed by atoms with van der Waals surface area (Å²) in [6.07, 6.45) is 4.79. The molecule has 0 aliphatic carbocycles. The number of nitrogens with zero attached hydrogens (tertiary/aromatic N) is 4. The molecule has 1 aromatic carbocycles. The molecule has 7 heteroatoms. The van der Waals surface area contributed by atoms with E-state index in [4.69, 9.17) is 16.6 Å². The predicted octanol–water partition coefficient (Wildman–Crippen LogP) is 4.96. The normalized spacial score (nSPS) is 11.4. The summed E-state index contributed by atoms with van der Waals surface area (Å²) in [6, 6.07) is 7.74. The van der Waals surface area contributed by atoms with Crippen molar-refractivity contribution >= 4 is 39.0 Å². The van der Waals surface area contributed by atoms with Gasteiger partial charge in [-0.15, -0.1) is 0 Å². The van der Waals surface area contributed by atoms with Gasteiger partial charge in [-0.25, -0.2) is 9.97 Å². The Morgan fingerprint density at radius 3 is 2.73 bits per heavy atom. The first kappa shape index (κ1) is 19.1. The zero-order valence-electron chi connectivity index (χ0n) is 15.0. The molecule has 0 saturated heterocycles. The van der Waals surface area contributed by atoms with E-state index in [0.29, 0.717) is 5.02 Å². The molecular weight excluding hydrogens is 414 g/mol. The van der Waals surface area contributed by atoms with Crippen molar-refractivity contribution in [2.24, 2.45) is 0 Å². The maximum absolute atomic E-state index is 6.37. The zero-order chi connectivity index (χ0) is 18.5. The van der Waals surface area contributed by atoms with E-state index < -0.39 is 0 Å². The van der Waals surface area contributed by atoms with Crippen molar-refractivity contribution in [2.45, 2.75) is 20.3 Å². The second-order valence-corrected chi connectivity index (χ2v) is 7.26. The lowest BCUT2D eigenvalue weighted by molar-refractivity contribution is 0.303. The minimum atomic E-state index is 0.683. The number of rotatable bonds is 8. The molecule has 0 aliphatic heterocycles. The van der Waals surface area contributed by atoms with Gasteiger partial charge in [0.15, 0.2) is 11.5 Å². The largest absolute Gasteiger partial charge is 0.367 e. The highest BCUT2D eigenvalue weighted by Gasteiger charge is 2.13. The zero-order valence-corrected chi connectivity index (χ0v) is 17.4. The van der Waals surface area contributed by atoms with Crippen molar-refractivity contribution in [1.82, 2.24) is 19.3 Å². The highest BCUT2D eigenvalue weighted by atomic mass is 79.9. The van der Waals surface area contributed by atoms with E-state index in [1.807, 2.05) is 34.9 Å². The molecule has 0 bridgehead atoms. The number of nitrogens with one attached hydrogen (secondary N) is 1. The van der Waals surface area contributed by atoms with Crippen LogP contribution in [0.25, 0.3) is 16.9 Å². The maximum Gasteiger partial charge on any atom is 0.181 e. The molecule has 0 fully saturated rings. The van der Waals surface area contributed by atoms with Gasteiger partial charge in [0.05, 0.1) is 16.9 Å². The van der Waals surface area contributed by atoms with Gasteiger partial charge >= 0.3 is 0 Å². The minimum absolute atomic E-state index is 0.683. The van der Waals surface area contributed by atoms with Gasteiger partial charge in [0.1, 0.15) is 4.60 Å². The number of benzene rings is 1. The summed E-state index contributed by atoms with van der Waals surface area (Å²) >= 11 is 9.92. The summed E-state index contributed by atoms with van der Waals surface area (Å²) in [5.74, 6) is 0.771. The molecule has 0 saturated carbocycles. The number of hydrogen-bond acceptors (Lipinski definition) is 4. The standard InChI is InChI=1S/C19H23BrClN5/c1-3-25(4-2)11-7-10-22-18-19-23-12-17(20)26(19)13-16(24-18)14-8-5-6-9-15(14)21/h5-6,8-9,12-13H,3-4,7,10-11H2,1-2H3,(H,22,24). The fourth-order valence-electron chi connectivity index (χ4n) is 2.93. The van der Waals surface area contributed by atoms with Crippen molar-refractivity contribution in [1.29, 1.82) is 0 Å². The molecule has 0 unspecified atom stereocenters. The topological polar surface area (TPSA) is 45.5 Å². The highest BCUT2D eigenvalue weighted by molar-refractivity contribution is 9.10. The molecule has 0 radical (unpaired) electrons. The van der Waals surface area contributed by atoms with Gasteiger partial charge in [-0.3, -0.25) is 4.40 Å². The Balaban J connectivity index is 1.86. The number of anilines is 1. The third kappa shape index (κ3) is 4.19. The Labute approximate surface area is 167 Å². The Bertz CT molecular complexity index is 875. The highest BCUT2D eigenvalue weighted by Crippen LogP contribution is 2.29. The van der Waals surface area contributed by atoms with E-state index in [2.05, 4.69) is 45.0 Å². The number of halogens is 2. The lowest BCUT2D eigenvalue weighted by Crippen LogP contribution is -2.25. The molecule has 3 aromatic rings. The number of fused-ring (bicyclic) bond motifs is 1. The van der Waals surface area contributed by atoms with Crippen molar-refractivity contribution in [2.75, 3.05) is 31.5 Å². The molecule has 1 N–H and O–H groups in total. The van der Waals surface area contributed by atoms with Gasteiger partial charge in [0.2, 0.25) is 0 Å². The summed E-state index contributed by atoms with van der Waals surface area (Å²) < 4.78 is 2.87. The summed E-state index contributed by atoms with van der Waals surface area (Å²) in [4.78, 5) is 11.7. The van der Waals surface area contributed by atoms with Crippen LogP contribution in [0.2, 0.25) is 5.02 Å². The van der Waals surface area contributed by atoms with Gasteiger partial charge in [0, 0.05) is 18.3 Å². The summed E-state index contributed by atoms with van der Waals surface area (Å²) in [6.45, 7) is 8.45. The third-order valence-corrected chi connectivity index (χ3v) is 5.35. The first-order valence-corrected chi connectivity index (χ1v) is 10.1. The molecule has 26 heavy (non-hydrogen) atoms. The van der Waals surface area contributed by atoms with Crippen LogP contribution < -0.4 is 5.32 Å². The lowest BCUT2D eigenvalue weighted by Gasteiger charge is -2.18. The molecule has 3 rings (SSSR count). The SMILES string of the molecule is CCN(CC)CCCNc1nc(-c2ccccc2Cl)cn2c(Br)cnc12. The van der Waals surface area contributed by atoms with Crippen molar-refractivity contribution < 1.29 is 0 Å². The molecule has 5 nitrogen and oxygen atoms in total. The summed E-state index contributed by atoms with van der Waals surface area (Å²) in [7, 11) is 0. The molecule has 138 valence electrons. The Morgan fingerprint density at radius 2 is 2.00 bits per heavy atom. The second kappa shape index (κ2) is 8.84. The quantitative estimate of drug-likeness (QED) is 0.507. The first-order chi connectivity index (χ1) is 12.6. The van der Waals surface area contributed by atoms with Crippen LogP contribution in [0.15, 0.2) is 41.3 Å². The van der Waals surface area contributed by atoms with Gasteiger partial charge in [-0.05, 0) is 48.1 Å². The Morgan fingerprint density at radius 1 is 1.23 bits per heavy atom. The van der Waals surface area contributed by atoms with Crippen molar-refractivity contribution in [3.63, 3.8) is 0 Å². The molecule has 2 aromatic heterocycles. The van der Waals surface area contributed by atoms with Crippen LogP contribution in [0.4, 0.5) is 5.82 Å². The fraction of sp³-hybridized carbons (Fsp3) is 0.368. The van der Waals surface area contributed by atoms with Crippen LogP contribution in [0, 0.1) is 0 Å². The van der Waals surface area contributed by atoms with Gasteiger partial charge < -0.3 is 10.2 Å². The fourth-order valence-corrected chi connectivity index (χ4v) is 3.53. The van der Waals surface area contributed by atoms with Crippen molar-refractivity contribution in [3.8, 4) is 11.3 Å². The van der Waals surface area contributed by atoms with Crippen LogP contribution in [-0.2, 0) is 0 Å². The first-order valence-electron chi connectivity index (χ1n) is 8.88. The van der Waals surface area contributed by atoms with Gasteiger partial charge in [-0.2, -0.15) is 0 Å². The van der Waals surface area contributed by atoms with Crippen LogP contribution in [0.1, 0.15) is 20.3 Å². The van der Waals surface area contributed by atoms with E-state index in [-0.39, 0.29) is 0 Å². The van der Waals surface area contributed by atoms with E-state index in [1.54, 1.807) is 6.20 Å². The maximum atomic E-state index is 6.37. The monoisotopic (exact) mass is 435 g/mol. The molecule has 0 aliphatic rings. The van der Waals surface area contributed by atoms with Crippen LogP contribution >= 0.6 is 27.5 Å². The average molecular weight is 437 g/mol. The van der Waals surface area contributed by atoms with E-state index >= 15 is 0 Å². The second-order valence-electron chi connectivity index (χ2n) is 6.04. The Hall–Kier alpha value is -1.63. The number of aromatic nitrogens is 3. The van der Waals surface area contributed by atoms with Crippen LogP contribution in [0.5, 0.6) is 0 Å². The average Bonchev–Trinajstić information content (AvgIpc) is 3.03. The van der Waals surface area contributed by atoms with E-state index in [0.717, 1.165) is 59.9 Å². The van der Waals surface area contributed by atoms with E-state index in [1.165, 1.54) is 0 Å². The van der Waals surface area contributed by atoms with Crippen LogP contribution in [0.3, 0.4) is 0 Å². The minimum Gasteiger partial charge on any atom is -0.367 e. The van der Waals surface area contributed by atoms with E-state index in [9.17, 15) is 0 Å². The number of hydrogen-bond donors (Lipinski definition) is 1. The van der Waals surface area contributed by atoms with Crippen molar-refractivity contribution in [3.05, 3.63) is 46.3 Å².